The molecule has 0 aliphatic carbocycles. The summed E-state index contributed by atoms with van der Waals surface area (Å²) in [6.45, 7) is 6.23. The normalized spacial score (nSPS) is 19.9. The van der Waals surface area contributed by atoms with Gasteiger partial charge in [0.15, 0.2) is 0 Å². The van der Waals surface area contributed by atoms with E-state index in [1.54, 1.807) is 0 Å². The zero-order chi connectivity index (χ0) is 6.85. The van der Waals surface area contributed by atoms with Gasteiger partial charge in [0.1, 0.15) is 0 Å². The largest absolute Gasteiger partial charge is 0.160 e. The summed E-state index contributed by atoms with van der Waals surface area (Å²) in [5.74, 6) is 0.532. The molecule has 1 aliphatic rings. The third-order valence-electron chi connectivity index (χ3n) is 1.78. The minimum absolute atomic E-state index is 0.532. The Morgan fingerprint density at radius 3 is 1.89 bits per heavy atom. The Balaban J connectivity index is 2.70. The highest BCUT2D eigenvalue weighted by molar-refractivity contribution is 6.08. The standard InChI is InChI=1S/C7H12N2/c1-4-7-5(2)8-9-6(7)3/h7H,4H2,1-3H3. The molecule has 0 saturated carbocycles. The first kappa shape index (κ1) is 6.46. The van der Waals surface area contributed by atoms with Gasteiger partial charge in [-0.25, -0.2) is 0 Å². The van der Waals surface area contributed by atoms with Crippen molar-refractivity contribution < 1.29 is 0 Å². The first-order chi connectivity index (χ1) is 4.25. The number of nitrogens with zero attached hydrogens (tertiary/aromatic N) is 2. The second-order valence-electron chi connectivity index (χ2n) is 2.44. The van der Waals surface area contributed by atoms with Gasteiger partial charge in [-0.2, -0.15) is 10.2 Å². The maximum Gasteiger partial charge on any atom is 0.0462 e. The number of hydrogen-bond acceptors (Lipinski definition) is 2. The third kappa shape index (κ3) is 1.02. The van der Waals surface area contributed by atoms with Gasteiger partial charge in [-0.1, -0.05) is 6.92 Å². The van der Waals surface area contributed by atoms with Crippen molar-refractivity contribution in [1.29, 1.82) is 0 Å². The predicted molar refractivity (Wildman–Crippen MR) is 40.0 cm³/mol. The Hall–Kier alpha value is -0.660. The monoisotopic (exact) mass is 124 g/mol. The molecule has 0 radical (unpaired) electrons. The maximum absolute atomic E-state index is 3.97. The molecule has 0 saturated heterocycles. The van der Waals surface area contributed by atoms with E-state index < -0.39 is 0 Å². The lowest BCUT2D eigenvalue weighted by atomic mass is 9.98. The summed E-state index contributed by atoms with van der Waals surface area (Å²) in [6, 6.07) is 0. The smallest absolute Gasteiger partial charge is 0.0462 e. The summed E-state index contributed by atoms with van der Waals surface area (Å²) in [5.41, 5.74) is 2.32. The Morgan fingerprint density at radius 1 is 1.22 bits per heavy atom. The molecular formula is C7H12N2. The summed E-state index contributed by atoms with van der Waals surface area (Å²) < 4.78 is 0. The van der Waals surface area contributed by atoms with Gasteiger partial charge < -0.3 is 0 Å². The van der Waals surface area contributed by atoms with Gasteiger partial charge in [0.2, 0.25) is 0 Å². The Kier molecular flexibility index (Phi) is 1.65. The van der Waals surface area contributed by atoms with Crippen LogP contribution in [-0.4, -0.2) is 11.4 Å². The highest BCUT2D eigenvalue weighted by Gasteiger charge is 2.17. The van der Waals surface area contributed by atoms with Crippen LogP contribution in [0.3, 0.4) is 0 Å². The first-order valence-electron chi connectivity index (χ1n) is 3.34. The van der Waals surface area contributed by atoms with E-state index in [1.165, 1.54) is 0 Å². The molecule has 0 spiro atoms. The summed E-state index contributed by atoms with van der Waals surface area (Å²) in [4.78, 5) is 0. The molecule has 0 fully saturated rings. The SMILES string of the molecule is CCC1C(C)=NN=C1C. The van der Waals surface area contributed by atoms with Crippen LogP contribution >= 0.6 is 0 Å². The minimum atomic E-state index is 0.532. The fraction of sp³-hybridized carbons (Fsp3) is 0.714. The van der Waals surface area contributed by atoms with Crippen LogP contribution < -0.4 is 0 Å². The van der Waals surface area contributed by atoms with Gasteiger partial charge in [0, 0.05) is 17.3 Å². The third-order valence-corrected chi connectivity index (χ3v) is 1.78. The fourth-order valence-corrected chi connectivity index (χ4v) is 1.19. The van der Waals surface area contributed by atoms with Crippen LogP contribution in [0, 0.1) is 5.92 Å². The Labute approximate surface area is 55.7 Å². The lowest BCUT2D eigenvalue weighted by molar-refractivity contribution is 0.864. The van der Waals surface area contributed by atoms with Crippen molar-refractivity contribution in [2.75, 3.05) is 0 Å². The molecule has 1 aliphatic heterocycles. The van der Waals surface area contributed by atoms with Crippen molar-refractivity contribution >= 4 is 11.4 Å². The highest BCUT2D eigenvalue weighted by atomic mass is 15.2. The molecule has 0 N–H and O–H groups in total. The summed E-state index contributed by atoms with van der Waals surface area (Å²) >= 11 is 0. The van der Waals surface area contributed by atoms with E-state index in [0.29, 0.717) is 5.92 Å². The van der Waals surface area contributed by atoms with E-state index in [1.807, 2.05) is 13.8 Å². The topological polar surface area (TPSA) is 24.7 Å². The molecule has 2 nitrogen and oxygen atoms in total. The molecule has 0 amide bonds. The lowest BCUT2D eigenvalue weighted by Gasteiger charge is -2.04. The van der Waals surface area contributed by atoms with E-state index >= 15 is 0 Å². The molecule has 1 heterocycles. The molecule has 0 bridgehead atoms. The maximum atomic E-state index is 3.97. The second-order valence-corrected chi connectivity index (χ2v) is 2.44. The van der Waals surface area contributed by atoms with Gasteiger partial charge in [0.25, 0.3) is 0 Å². The molecule has 50 valence electrons. The van der Waals surface area contributed by atoms with E-state index in [2.05, 4.69) is 17.1 Å². The average molecular weight is 124 g/mol. The van der Waals surface area contributed by atoms with Gasteiger partial charge in [-0.05, 0) is 20.3 Å². The molecule has 0 aromatic carbocycles. The van der Waals surface area contributed by atoms with Gasteiger partial charge in [0.05, 0.1) is 0 Å². The van der Waals surface area contributed by atoms with Gasteiger partial charge in [-0.3, -0.25) is 0 Å². The van der Waals surface area contributed by atoms with Crippen molar-refractivity contribution in [3.63, 3.8) is 0 Å². The summed E-state index contributed by atoms with van der Waals surface area (Å²) in [7, 11) is 0. The van der Waals surface area contributed by atoms with E-state index in [4.69, 9.17) is 0 Å². The quantitative estimate of drug-likeness (QED) is 0.509. The lowest BCUT2D eigenvalue weighted by Crippen LogP contribution is -2.13. The fourth-order valence-electron chi connectivity index (χ4n) is 1.19. The summed E-state index contributed by atoms with van der Waals surface area (Å²) in [6.07, 6.45) is 1.13. The molecule has 9 heavy (non-hydrogen) atoms. The molecule has 1 rings (SSSR count). The molecule has 0 unspecified atom stereocenters. The van der Waals surface area contributed by atoms with Crippen molar-refractivity contribution in [2.45, 2.75) is 27.2 Å². The molecule has 0 atom stereocenters. The Bertz CT molecular complexity index is 150. The van der Waals surface area contributed by atoms with Crippen molar-refractivity contribution in [3.05, 3.63) is 0 Å². The zero-order valence-corrected chi connectivity index (χ0v) is 6.18. The number of rotatable bonds is 1. The van der Waals surface area contributed by atoms with Gasteiger partial charge >= 0.3 is 0 Å². The second kappa shape index (κ2) is 2.29. The van der Waals surface area contributed by atoms with Crippen LogP contribution in [0.1, 0.15) is 27.2 Å². The van der Waals surface area contributed by atoms with Crippen molar-refractivity contribution in [1.82, 2.24) is 0 Å². The van der Waals surface area contributed by atoms with E-state index in [9.17, 15) is 0 Å². The molecule has 2 heteroatoms. The average Bonchev–Trinajstić information content (AvgIpc) is 2.12. The van der Waals surface area contributed by atoms with Gasteiger partial charge in [-0.15, -0.1) is 0 Å². The van der Waals surface area contributed by atoms with Crippen LogP contribution in [0.5, 0.6) is 0 Å². The van der Waals surface area contributed by atoms with Crippen LogP contribution in [0.15, 0.2) is 10.2 Å². The molecule has 0 aromatic rings. The first-order valence-corrected chi connectivity index (χ1v) is 3.34. The predicted octanol–water partition coefficient (Wildman–Crippen LogP) is 1.86. The van der Waals surface area contributed by atoms with Crippen molar-refractivity contribution in [2.24, 2.45) is 16.1 Å². The molecule has 0 aromatic heterocycles. The van der Waals surface area contributed by atoms with Crippen LogP contribution in [0.4, 0.5) is 0 Å². The van der Waals surface area contributed by atoms with Crippen LogP contribution in [0.25, 0.3) is 0 Å². The van der Waals surface area contributed by atoms with E-state index in [-0.39, 0.29) is 0 Å². The summed E-state index contributed by atoms with van der Waals surface area (Å²) in [5, 5.41) is 7.95. The van der Waals surface area contributed by atoms with Crippen molar-refractivity contribution in [3.8, 4) is 0 Å². The molecular weight excluding hydrogens is 112 g/mol. The Morgan fingerprint density at radius 2 is 1.67 bits per heavy atom. The van der Waals surface area contributed by atoms with Crippen LogP contribution in [0.2, 0.25) is 0 Å². The number of hydrogen-bond donors (Lipinski definition) is 0. The minimum Gasteiger partial charge on any atom is -0.160 e. The van der Waals surface area contributed by atoms with Crippen LogP contribution in [-0.2, 0) is 0 Å². The van der Waals surface area contributed by atoms with E-state index in [0.717, 1.165) is 17.8 Å². The zero-order valence-electron chi connectivity index (χ0n) is 6.18. The highest BCUT2D eigenvalue weighted by Crippen LogP contribution is 2.13.